The molecule has 19 heavy (non-hydrogen) atoms. The highest BCUT2D eigenvalue weighted by molar-refractivity contribution is 6.03. The summed E-state index contributed by atoms with van der Waals surface area (Å²) < 4.78 is 0. The normalized spacial score (nSPS) is 10.3. The third-order valence-corrected chi connectivity index (χ3v) is 2.82. The number of rotatable bonds is 2. The Kier molecular flexibility index (Phi) is 2.90. The lowest BCUT2D eigenvalue weighted by Gasteiger charge is -2.05. The Morgan fingerprint density at radius 1 is 1.00 bits per heavy atom. The number of benzene rings is 2. The molecule has 92 valence electrons. The van der Waals surface area contributed by atoms with Gasteiger partial charge in [-0.3, -0.25) is 4.79 Å². The van der Waals surface area contributed by atoms with Crippen molar-refractivity contribution < 1.29 is 4.79 Å². The number of carbonyl (C=O) groups excluding carboxylic acids is 1. The van der Waals surface area contributed by atoms with E-state index in [2.05, 4.69) is 15.3 Å². The first-order valence-electron chi connectivity index (χ1n) is 5.89. The van der Waals surface area contributed by atoms with Crippen LogP contribution in [-0.4, -0.2) is 15.9 Å². The predicted molar refractivity (Wildman–Crippen MR) is 73.9 cm³/mol. The number of anilines is 1. The molecule has 3 rings (SSSR count). The van der Waals surface area contributed by atoms with Crippen molar-refractivity contribution in [1.29, 1.82) is 0 Å². The second kappa shape index (κ2) is 4.86. The topological polar surface area (TPSA) is 54.9 Å². The zero-order chi connectivity index (χ0) is 13.1. The Morgan fingerprint density at radius 3 is 2.63 bits per heavy atom. The molecular formula is C15H11N3O. The van der Waals surface area contributed by atoms with Crippen LogP contribution in [0.2, 0.25) is 0 Å². The minimum atomic E-state index is -0.238. The molecule has 4 nitrogen and oxygen atoms in total. The number of aromatic nitrogens is 2. The van der Waals surface area contributed by atoms with Gasteiger partial charge in [0, 0.05) is 11.9 Å². The van der Waals surface area contributed by atoms with Crippen LogP contribution < -0.4 is 5.32 Å². The number of carbonyl (C=O) groups is 1. The van der Waals surface area contributed by atoms with E-state index in [1.165, 1.54) is 6.33 Å². The van der Waals surface area contributed by atoms with Crippen molar-refractivity contribution in [3.8, 4) is 0 Å². The first kappa shape index (κ1) is 11.3. The summed E-state index contributed by atoms with van der Waals surface area (Å²) in [5.41, 5.74) is 1.10. The Hall–Kier alpha value is -2.75. The van der Waals surface area contributed by atoms with Gasteiger partial charge in [0.15, 0.2) is 0 Å². The van der Waals surface area contributed by atoms with Gasteiger partial charge in [0.25, 0.3) is 5.91 Å². The molecule has 0 bridgehead atoms. The quantitative estimate of drug-likeness (QED) is 0.759. The summed E-state index contributed by atoms with van der Waals surface area (Å²) in [6, 6.07) is 15.4. The van der Waals surface area contributed by atoms with Crippen LogP contribution in [0.1, 0.15) is 10.5 Å². The van der Waals surface area contributed by atoms with Gasteiger partial charge < -0.3 is 5.32 Å². The summed E-state index contributed by atoms with van der Waals surface area (Å²) in [5, 5.41) is 5.05. The highest BCUT2D eigenvalue weighted by Gasteiger charge is 2.06. The first-order chi connectivity index (χ1) is 9.33. The van der Waals surface area contributed by atoms with Crippen LogP contribution in [0.4, 0.5) is 5.69 Å². The van der Waals surface area contributed by atoms with Crippen molar-refractivity contribution in [3.63, 3.8) is 0 Å². The fourth-order valence-electron chi connectivity index (χ4n) is 1.89. The molecule has 1 heterocycles. The summed E-state index contributed by atoms with van der Waals surface area (Å²) in [7, 11) is 0. The van der Waals surface area contributed by atoms with Crippen LogP contribution in [0.3, 0.4) is 0 Å². The van der Waals surface area contributed by atoms with E-state index in [0.717, 1.165) is 16.5 Å². The molecular weight excluding hydrogens is 238 g/mol. The number of hydrogen-bond donors (Lipinski definition) is 1. The maximum absolute atomic E-state index is 11.9. The zero-order valence-corrected chi connectivity index (χ0v) is 10.1. The van der Waals surface area contributed by atoms with Crippen molar-refractivity contribution in [3.05, 3.63) is 66.7 Å². The molecule has 2 aromatic carbocycles. The fraction of sp³-hybridized carbons (Fsp3) is 0. The Balaban J connectivity index is 1.87. The van der Waals surface area contributed by atoms with Crippen LogP contribution in [0, 0.1) is 0 Å². The average molecular weight is 249 g/mol. The minimum Gasteiger partial charge on any atom is -0.321 e. The number of fused-ring (bicyclic) bond motifs is 1. The summed E-state index contributed by atoms with van der Waals surface area (Å²) in [4.78, 5) is 19.6. The Labute approximate surface area is 110 Å². The van der Waals surface area contributed by atoms with Gasteiger partial charge in [-0.15, -0.1) is 0 Å². The number of amides is 1. The lowest BCUT2D eigenvalue weighted by Crippen LogP contribution is -2.13. The highest BCUT2D eigenvalue weighted by atomic mass is 16.1. The van der Waals surface area contributed by atoms with E-state index in [1.807, 2.05) is 42.5 Å². The predicted octanol–water partition coefficient (Wildman–Crippen LogP) is 2.88. The minimum absolute atomic E-state index is 0.238. The zero-order valence-electron chi connectivity index (χ0n) is 10.1. The Morgan fingerprint density at radius 2 is 1.84 bits per heavy atom. The average Bonchev–Trinajstić information content (AvgIpc) is 2.48. The highest BCUT2D eigenvalue weighted by Crippen LogP contribution is 2.19. The number of hydrogen-bond acceptors (Lipinski definition) is 3. The van der Waals surface area contributed by atoms with Gasteiger partial charge in [0.1, 0.15) is 12.0 Å². The standard InChI is InChI=1S/C15H11N3O/c19-15(14-7-8-16-10-17-14)18-13-6-5-11-3-1-2-4-12(11)9-13/h1-10H,(H,18,19). The van der Waals surface area contributed by atoms with E-state index in [4.69, 9.17) is 0 Å². The summed E-state index contributed by atoms with van der Waals surface area (Å²) in [6.07, 6.45) is 2.90. The maximum Gasteiger partial charge on any atom is 0.274 e. The summed E-state index contributed by atoms with van der Waals surface area (Å²) in [5.74, 6) is -0.238. The lowest BCUT2D eigenvalue weighted by molar-refractivity contribution is 0.102. The third kappa shape index (κ3) is 2.42. The van der Waals surface area contributed by atoms with Crippen molar-refractivity contribution in [2.45, 2.75) is 0 Å². The van der Waals surface area contributed by atoms with Crippen LogP contribution in [0.25, 0.3) is 10.8 Å². The fourth-order valence-corrected chi connectivity index (χ4v) is 1.89. The van der Waals surface area contributed by atoms with Gasteiger partial charge in [0.05, 0.1) is 0 Å². The molecule has 0 saturated carbocycles. The monoisotopic (exact) mass is 249 g/mol. The van der Waals surface area contributed by atoms with Gasteiger partial charge in [-0.05, 0) is 29.0 Å². The number of nitrogens with zero attached hydrogens (tertiary/aromatic N) is 2. The summed E-state index contributed by atoms with van der Waals surface area (Å²) in [6.45, 7) is 0. The van der Waals surface area contributed by atoms with Gasteiger partial charge in [-0.1, -0.05) is 30.3 Å². The van der Waals surface area contributed by atoms with Gasteiger partial charge in [-0.2, -0.15) is 0 Å². The lowest BCUT2D eigenvalue weighted by atomic mass is 10.1. The molecule has 0 aliphatic heterocycles. The van der Waals surface area contributed by atoms with Crippen LogP contribution in [-0.2, 0) is 0 Å². The van der Waals surface area contributed by atoms with Crippen LogP contribution in [0.15, 0.2) is 61.1 Å². The van der Waals surface area contributed by atoms with Gasteiger partial charge in [-0.25, -0.2) is 9.97 Å². The molecule has 0 fully saturated rings. The van der Waals surface area contributed by atoms with Crippen LogP contribution >= 0.6 is 0 Å². The Bertz CT molecular complexity index is 726. The summed E-state index contributed by atoms with van der Waals surface area (Å²) >= 11 is 0. The molecule has 0 radical (unpaired) electrons. The van der Waals surface area contributed by atoms with E-state index in [0.29, 0.717) is 5.69 Å². The van der Waals surface area contributed by atoms with E-state index in [9.17, 15) is 4.79 Å². The van der Waals surface area contributed by atoms with Crippen molar-refractivity contribution >= 4 is 22.4 Å². The van der Waals surface area contributed by atoms with Crippen molar-refractivity contribution in [1.82, 2.24) is 9.97 Å². The van der Waals surface area contributed by atoms with Crippen molar-refractivity contribution in [2.75, 3.05) is 5.32 Å². The molecule has 1 amide bonds. The van der Waals surface area contributed by atoms with E-state index in [-0.39, 0.29) is 5.91 Å². The molecule has 0 atom stereocenters. The molecule has 0 spiro atoms. The second-order valence-corrected chi connectivity index (χ2v) is 4.11. The molecule has 0 saturated heterocycles. The van der Waals surface area contributed by atoms with Crippen molar-refractivity contribution in [2.24, 2.45) is 0 Å². The number of nitrogens with one attached hydrogen (secondary N) is 1. The maximum atomic E-state index is 11.9. The molecule has 1 N–H and O–H groups in total. The van der Waals surface area contributed by atoms with E-state index >= 15 is 0 Å². The first-order valence-corrected chi connectivity index (χ1v) is 5.89. The molecule has 0 aliphatic rings. The molecule has 0 unspecified atom stereocenters. The second-order valence-electron chi connectivity index (χ2n) is 4.11. The molecule has 1 aromatic heterocycles. The molecule has 0 aliphatic carbocycles. The van der Waals surface area contributed by atoms with E-state index < -0.39 is 0 Å². The molecule has 4 heteroatoms. The van der Waals surface area contributed by atoms with E-state index in [1.54, 1.807) is 12.3 Å². The van der Waals surface area contributed by atoms with Gasteiger partial charge >= 0.3 is 0 Å². The largest absolute Gasteiger partial charge is 0.321 e. The van der Waals surface area contributed by atoms with Crippen LogP contribution in [0.5, 0.6) is 0 Å². The smallest absolute Gasteiger partial charge is 0.274 e. The van der Waals surface area contributed by atoms with Gasteiger partial charge in [0.2, 0.25) is 0 Å². The molecule has 3 aromatic rings. The third-order valence-electron chi connectivity index (χ3n) is 2.82. The SMILES string of the molecule is O=C(Nc1ccc2ccccc2c1)c1ccncn1.